The molecule has 9 heteroatoms. The molecule has 0 bridgehead atoms. The van der Waals surface area contributed by atoms with E-state index in [9.17, 15) is 18.8 Å². The summed E-state index contributed by atoms with van der Waals surface area (Å²) in [5.74, 6) is -1.89. The molecule has 0 aliphatic rings. The van der Waals surface area contributed by atoms with Gasteiger partial charge < -0.3 is 24.4 Å². The minimum absolute atomic E-state index is 0.153. The van der Waals surface area contributed by atoms with E-state index < -0.39 is 23.8 Å². The molecule has 2 aromatic heterocycles. The highest BCUT2D eigenvalue weighted by Gasteiger charge is 2.22. The molecule has 0 spiro atoms. The minimum atomic E-state index is -1.12. The van der Waals surface area contributed by atoms with Crippen molar-refractivity contribution in [2.75, 3.05) is 5.32 Å². The van der Waals surface area contributed by atoms with Crippen molar-refractivity contribution in [3.05, 3.63) is 76.7 Å². The number of H-pyrrole nitrogens is 2. The summed E-state index contributed by atoms with van der Waals surface area (Å²) in [6.45, 7) is 1.41. The van der Waals surface area contributed by atoms with Gasteiger partial charge in [0, 0.05) is 5.69 Å². The fraction of sp³-hybridized carbons (Fsp3) is 0.0952. The molecule has 4 rings (SSSR count). The first-order chi connectivity index (χ1) is 14.4. The molecule has 0 unspecified atom stereocenters. The Labute approximate surface area is 168 Å². The highest BCUT2D eigenvalue weighted by Crippen LogP contribution is 2.25. The molecule has 0 saturated carbocycles. The fourth-order valence-corrected chi connectivity index (χ4v) is 2.88. The van der Waals surface area contributed by atoms with E-state index in [1.807, 2.05) is 0 Å². The third-order valence-electron chi connectivity index (χ3n) is 4.38. The molecular weight excluding hydrogens is 393 g/mol. The molecule has 0 aliphatic carbocycles. The number of aromatic amines is 2. The van der Waals surface area contributed by atoms with Crippen LogP contribution in [0.3, 0.4) is 0 Å². The van der Waals surface area contributed by atoms with Gasteiger partial charge in [0.05, 0.1) is 16.6 Å². The van der Waals surface area contributed by atoms with Gasteiger partial charge in [-0.2, -0.15) is 0 Å². The molecule has 0 radical (unpaired) electrons. The number of carbonyl (C=O) groups excluding carboxylic acids is 2. The second-order valence-corrected chi connectivity index (χ2v) is 6.52. The zero-order valence-electron chi connectivity index (χ0n) is 15.7. The molecule has 2 aromatic carbocycles. The zero-order chi connectivity index (χ0) is 21.3. The Balaban J connectivity index is 1.42. The number of hydrogen-bond acceptors (Lipinski definition) is 5. The number of anilines is 1. The summed E-state index contributed by atoms with van der Waals surface area (Å²) >= 11 is 0. The van der Waals surface area contributed by atoms with E-state index in [2.05, 4.69) is 15.3 Å². The van der Waals surface area contributed by atoms with Crippen LogP contribution in [-0.2, 0) is 9.53 Å². The van der Waals surface area contributed by atoms with Crippen molar-refractivity contribution in [2.24, 2.45) is 0 Å². The number of amides is 1. The van der Waals surface area contributed by atoms with E-state index in [0.717, 1.165) is 0 Å². The number of nitrogens with one attached hydrogen (secondary N) is 3. The number of carbonyl (C=O) groups is 2. The summed E-state index contributed by atoms with van der Waals surface area (Å²) in [5.41, 5.74) is 1.40. The predicted molar refractivity (Wildman–Crippen MR) is 107 cm³/mol. The highest BCUT2D eigenvalue weighted by atomic mass is 19.1. The van der Waals surface area contributed by atoms with Crippen molar-refractivity contribution in [1.82, 2.24) is 9.97 Å². The Morgan fingerprint density at radius 3 is 2.63 bits per heavy atom. The number of fused-ring (bicyclic) bond motifs is 1. The summed E-state index contributed by atoms with van der Waals surface area (Å²) in [5, 5.41) is 2.61. The third kappa shape index (κ3) is 3.86. The smallest absolute Gasteiger partial charge is 0.375 e. The lowest BCUT2D eigenvalue weighted by molar-refractivity contribution is -0.123. The van der Waals surface area contributed by atoms with Crippen molar-refractivity contribution < 1.29 is 23.1 Å². The number of halogens is 1. The number of ether oxygens (including phenoxy) is 1. The van der Waals surface area contributed by atoms with Gasteiger partial charge in [-0.3, -0.25) is 4.79 Å². The molecule has 2 heterocycles. The number of imidazole rings is 1. The molecule has 8 nitrogen and oxygen atoms in total. The molecule has 1 amide bonds. The van der Waals surface area contributed by atoms with Gasteiger partial charge in [0.15, 0.2) is 6.10 Å². The van der Waals surface area contributed by atoms with Crippen LogP contribution >= 0.6 is 0 Å². The van der Waals surface area contributed by atoms with E-state index in [0.29, 0.717) is 16.7 Å². The van der Waals surface area contributed by atoms with Crippen LogP contribution in [0.2, 0.25) is 0 Å². The Hall–Kier alpha value is -4.14. The molecule has 4 aromatic rings. The SMILES string of the molecule is C[C@H](OC(=O)c1ccc(-c2ccccc2F)o1)C(=O)Nc1ccc2[nH]c(=O)[nH]c2c1. The number of benzene rings is 2. The van der Waals surface area contributed by atoms with Gasteiger partial charge in [0.25, 0.3) is 5.91 Å². The van der Waals surface area contributed by atoms with Gasteiger partial charge in [-0.05, 0) is 49.4 Å². The Morgan fingerprint density at radius 1 is 1.07 bits per heavy atom. The van der Waals surface area contributed by atoms with E-state index >= 15 is 0 Å². The number of aromatic nitrogens is 2. The summed E-state index contributed by atoms with van der Waals surface area (Å²) in [6, 6.07) is 13.6. The molecule has 152 valence electrons. The first-order valence-electron chi connectivity index (χ1n) is 8.99. The molecule has 0 aliphatic heterocycles. The standard InChI is InChI=1S/C21H16FN3O5/c1-11(19(26)23-12-6-7-15-16(10-12)25-21(28)24-15)29-20(27)18-9-8-17(30-18)13-4-2-3-5-14(13)22/h2-11H,1H3,(H,23,26)(H2,24,25,28)/t11-/m0/s1. The van der Waals surface area contributed by atoms with Crippen LogP contribution in [0, 0.1) is 5.82 Å². The number of furan rings is 1. The minimum Gasteiger partial charge on any atom is -0.449 e. The molecule has 30 heavy (non-hydrogen) atoms. The number of rotatable bonds is 5. The maximum absolute atomic E-state index is 13.9. The maximum atomic E-state index is 13.9. The van der Waals surface area contributed by atoms with Crippen LogP contribution in [-0.4, -0.2) is 27.9 Å². The van der Waals surface area contributed by atoms with E-state index in [1.54, 1.807) is 30.3 Å². The normalized spacial score (nSPS) is 11.9. The largest absolute Gasteiger partial charge is 0.449 e. The average Bonchev–Trinajstić information content (AvgIpc) is 3.34. The molecular formula is C21H16FN3O5. The van der Waals surface area contributed by atoms with Crippen molar-refractivity contribution >= 4 is 28.6 Å². The van der Waals surface area contributed by atoms with Crippen molar-refractivity contribution in [3.8, 4) is 11.3 Å². The molecule has 3 N–H and O–H groups in total. The average molecular weight is 409 g/mol. The van der Waals surface area contributed by atoms with Gasteiger partial charge in [-0.25, -0.2) is 14.0 Å². The van der Waals surface area contributed by atoms with Gasteiger partial charge in [-0.1, -0.05) is 12.1 Å². The zero-order valence-corrected chi connectivity index (χ0v) is 15.7. The van der Waals surface area contributed by atoms with E-state index in [1.165, 1.54) is 31.2 Å². The monoisotopic (exact) mass is 409 g/mol. The Kier molecular flexibility index (Phi) is 4.93. The summed E-state index contributed by atoms with van der Waals surface area (Å²) < 4.78 is 24.4. The highest BCUT2D eigenvalue weighted by molar-refractivity contribution is 5.97. The van der Waals surface area contributed by atoms with Crippen LogP contribution in [0.1, 0.15) is 17.5 Å². The van der Waals surface area contributed by atoms with Gasteiger partial charge in [0.2, 0.25) is 5.76 Å². The third-order valence-corrected chi connectivity index (χ3v) is 4.38. The summed E-state index contributed by atoms with van der Waals surface area (Å²) in [7, 11) is 0. The van der Waals surface area contributed by atoms with E-state index in [-0.39, 0.29) is 22.8 Å². The maximum Gasteiger partial charge on any atom is 0.375 e. The van der Waals surface area contributed by atoms with Crippen LogP contribution in [0.4, 0.5) is 10.1 Å². The topological polar surface area (TPSA) is 117 Å². The molecule has 0 saturated heterocycles. The van der Waals surface area contributed by atoms with Crippen molar-refractivity contribution in [2.45, 2.75) is 13.0 Å². The number of esters is 1. The first kappa shape index (κ1) is 19.2. The lowest BCUT2D eigenvalue weighted by Gasteiger charge is -2.12. The van der Waals surface area contributed by atoms with Gasteiger partial charge >= 0.3 is 11.7 Å². The second-order valence-electron chi connectivity index (χ2n) is 6.52. The molecule has 0 fully saturated rings. The van der Waals surface area contributed by atoms with Crippen LogP contribution < -0.4 is 11.0 Å². The molecule has 1 atom stereocenters. The Morgan fingerprint density at radius 2 is 1.83 bits per heavy atom. The fourth-order valence-electron chi connectivity index (χ4n) is 2.88. The van der Waals surface area contributed by atoms with Crippen molar-refractivity contribution in [1.29, 1.82) is 0 Å². The summed E-state index contributed by atoms with van der Waals surface area (Å²) in [6.07, 6.45) is -1.12. The quantitative estimate of drug-likeness (QED) is 0.437. The van der Waals surface area contributed by atoms with Crippen molar-refractivity contribution in [3.63, 3.8) is 0 Å². The van der Waals surface area contributed by atoms with Crippen LogP contribution in [0.15, 0.2) is 63.8 Å². The lowest BCUT2D eigenvalue weighted by Crippen LogP contribution is -2.29. The Bertz CT molecular complexity index is 1300. The second kappa shape index (κ2) is 7.70. The first-order valence-corrected chi connectivity index (χ1v) is 8.99. The van der Waals surface area contributed by atoms with Gasteiger partial charge in [0.1, 0.15) is 11.6 Å². The van der Waals surface area contributed by atoms with Crippen LogP contribution in [0.25, 0.3) is 22.4 Å². The number of hydrogen-bond donors (Lipinski definition) is 3. The van der Waals surface area contributed by atoms with Gasteiger partial charge in [-0.15, -0.1) is 0 Å². The lowest BCUT2D eigenvalue weighted by atomic mass is 10.1. The summed E-state index contributed by atoms with van der Waals surface area (Å²) in [4.78, 5) is 41.1. The van der Waals surface area contributed by atoms with Crippen LogP contribution in [0.5, 0.6) is 0 Å². The van der Waals surface area contributed by atoms with E-state index in [4.69, 9.17) is 9.15 Å². The predicted octanol–water partition coefficient (Wildman–Crippen LogP) is 3.44.